The number of nitrogens with zero attached hydrogens (tertiary/aromatic N) is 1. The fourth-order valence-corrected chi connectivity index (χ4v) is 8.82. The number of carbonyl (C=O) groups excluding carboxylic acids is 1. The van der Waals surface area contributed by atoms with Crippen molar-refractivity contribution >= 4 is 5.78 Å². The Kier molecular flexibility index (Phi) is 5.63. The minimum Gasteiger partial charge on any atom is -0.392 e. The van der Waals surface area contributed by atoms with Crippen LogP contribution in [0.1, 0.15) is 83.4 Å². The van der Waals surface area contributed by atoms with Crippen molar-refractivity contribution in [1.29, 1.82) is 0 Å². The molecule has 1 aromatic heterocycles. The minimum absolute atomic E-state index is 0.300. The maximum Gasteiger partial charge on any atom is 0.145 e. The molecule has 0 saturated heterocycles. The summed E-state index contributed by atoms with van der Waals surface area (Å²) in [5.74, 6) is 3.64. The van der Waals surface area contributed by atoms with Crippen molar-refractivity contribution in [2.24, 2.45) is 40.4 Å². The molecule has 0 bridgehead atoms. The van der Waals surface area contributed by atoms with Gasteiger partial charge in [0.05, 0.1) is 11.5 Å². The van der Waals surface area contributed by atoms with E-state index in [4.69, 9.17) is 0 Å². The average molecular weight is 436 g/mol. The van der Waals surface area contributed by atoms with Gasteiger partial charge in [0.1, 0.15) is 5.78 Å². The molecule has 3 fully saturated rings. The Bertz CT molecular complexity index is 921. The fourth-order valence-electron chi connectivity index (χ4n) is 8.82. The zero-order chi connectivity index (χ0) is 22.7. The monoisotopic (exact) mass is 435 g/mol. The number of carbonyl (C=O) groups is 1. The van der Waals surface area contributed by atoms with Crippen LogP contribution in [0, 0.1) is 47.3 Å². The van der Waals surface area contributed by atoms with Gasteiger partial charge in [-0.3, -0.25) is 9.78 Å². The zero-order valence-corrected chi connectivity index (χ0v) is 20.4. The molecular weight excluding hydrogens is 394 g/mol. The van der Waals surface area contributed by atoms with E-state index in [2.05, 4.69) is 44.8 Å². The van der Waals surface area contributed by atoms with Crippen LogP contribution in [0.5, 0.6) is 0 Å². The van der Waals surface area contributed by atoms with Gasteiger partial charge < -0.3 is 5.11 Å². The fraction of sp³-hybridized carbons (Fsp3) is 0.724. The Morgan fingerprint density at radius 3 is 2.78 bits per heavy atom. The maximum absolute atomic E-state index is 13.2. The number of fused-ring (bicyclic) bond motifs is 5. The predicted octanol–water partition coefficient (Wildman–Crippen LogP) is 6.08. The van der Waals surface area contributed by atoms with Crippen LogP contribution in [0.3, 0.4) is 0 Å². The van der Waals surface area contributed by atoms with Crippen molar-refractivity contribution in [3.8, 4) is 0 Å². The zero-order valence-electron chi connectivity index (χ0n) is 20.4. The molecular formula is C29H41NO2. The third-order valence-corrected chi connectivity index (χ3v) is 10.7. The van der Waals surface area contributed by atoms with E-state index >= 15 is 0 Å². The van der Waals surface area contributed by atoms with Crippen LogP contribution in [0.2, 0.25) is 0 Å². The van der Waals surface area contributed by atoms with Gasteiger partial charge in [0, 0.05) is 18.3 Å². The summed E-state index contributed by atoms with van der Waals surface area (Å²) in [5.41, 5.74) is 3.91. The number of aliphatic hydroxyl groups is 1. The van der Waals surface area contributed by atoms with Crippen LogP contribution in [0.4, 0.5) is 0 Å². The van der Waals surface area contributed by atoms with Gasteiger partial charge in [-0.25, -0.2) is 0 Å². The van der Waals surface area contributed by atoms with E-state index in [1.165, 1.54) is 48.9 Å². The van der Waals surface area contributed by atoms with Gasteiger partial charge in [-0.15, -0.1) is 0 Å². The van der Waals surface area contributed by atoms with Gasteiger partial charge in [-0.2, -0.15) is 0 Å². The molecule has 1 aromatic rings. The maximum atomic E-state index is 13.2. The topological polar surface area (TPSA) is 50.2 Å². The first-order valence-corrected chi connectivity index (χ1v) is 13.1. The van der Waals surface area contributed by atoms with E-state index < -0.39 is 6.10 Å². The van der Waals surface area contributed by atoms with Crippen molar-refractivity contribution in [2.75, 3.05) is 0 Å². The number of hydrogen-bond acceptors (Lipinski definition) is 3. The molecule has 1 N–H and O–H groups in total. The first-order chi connectivity index (χ1) is 15.2. The Balaban J connectivity index is 1.34. The molecule has 0 amide bonds. The summed E-state index contributed by atoms with van der Waals surface area (Å²) in [6, 6.07) is 4.21. The smallest absolute Gasteiger partial charge is 0.145 e. The van der Waals surface area contributed by atoms with Gasteiger partial charge in [0.2, 0.25) is 0 Å². The second-order valence-electron chi connectivity index (χ2n) is 12.0. The van der Waals surface area contributed by atoms with E-state index in [1.54, 1.807) is 0 Å². The Labute approximate surface area is 194 Å². The number of aryl methyl sites for hydroxylation is 2. The average Bonchev–Trinajstić information content (AvgIpc) is 3.11. The largest absolute Gasteiger partial charge is 0.392 e. The second kappa shape index (κ2) is 8.08. The first-order valence-electron chi connectivity index (χ1n) is 13.1. The van der Waals surface area contributed by atoms with E-state index in [0.717, 1.165) is 24.7 Å². The van der Waals surface area contributed by atoms with Crippen LogP contribution in [-0.2, 0) is 11.2 Å². The van der Waals surface area contributed by atoms with Crippen molar-refractivity contribution in [3.63, 3.8) is 0 Å². The standard InChI is InChI=1S/C29H41NO2/c1-18(7-12-26-19(2)6-5-15-30-26)23-10-11-24-22-9-8-20-16-21(31)17-27(32)29(20,4)25(22)13-14-28(23,24)3/h5-6,8,15,18,21-25,31H,7,9-14,16-17H2,1-4H3/t18-,21+,22+,23-,24+,25+,28-,29+/m1/s1. The van der Waals surface area contributed by atoms with Gasteiger partial charge in [-0.05, 0) is 112 Å². The summed E-state index contributed by atoms with van der Waals surface area (Å²) in [6.07, 6.45) is 13.4. The van der Waals surface area contributed by atoms with Crippen molar-refractivity contribution < 1.29 is 9.90 Å². The molecule has 3 heteroatoms. The number of allylic oxidation sites excluding steroid dienone is 1. The quantitative estimate of drug-likeness (QED) is 0.583. The molecule has 0 aromatic carbocycles. The Hall–Kier alpha value is -1.48. The van der Waals surface area contributed by atoms with Gasteiger partial charge in [0.15, 0.2) is 0 Å². The van der Waals surface area contributed by atoms with Crippen LogP contribution < -0.4 is 0 Å². The molecule has 4 aliphatic carbocycles. The third kappa shape index (κ3) is 3.33. The van der Waals surface area contributed by atoms with E-state index in [-0.39, 0.29) is 5.41 Å². The lowest BCUT2D eigenvalue weighted by atomic mass is 9.46. The highest BCUT2D eigenvalue weighted by molar-refractivity contribution is 5.90. The van der Waals surface area contributed by atoms with Crippen molar-refractivity contribution in [1.82, 2.24) is 4.98 Å². The van der Waals surface area contributed by atoms with Crippen molar-refractivity contribution in [2.45, 2.75) is 91.6 Å². The SMILES string of the molecule is Cc1cccnc1CC[C@@H](C)[C@H]1CC[C@H]2[C@@H]3CC=C4C[C@H](O)CC(=O)[C@]4(C)[C@H]3CC[C@]12C. The summed E-state index contributed by atoms with van der Waals surface area (Å²) < 4.78 is 0. The number of aliphatic hydroxyl groups excluding tert-OH is 1. The van der Waals surface area contributed by atoms with Crippen LogP contribution in [0.25, 0.3) is 0 Å². The number of ketones is 1. The Morgan fingerprint density at radius 2 is 2.00 bits per heavy atom. The van der Waals surface area contributed by atoms with Crippen LogP contribution in [0.15, 0.2) is 30.0 Å². The lowest BCUT2D eigenvalue weighted by Gasteiger charge is -2.57. The molecule has 0 spiro atoms. The van der Waals surface area contributed by atoms with E-state index in [0.29, 0.717) is 41.8 Å². The second-order valence-corrected chi connectivity index (χ2v) is 12.0. The summed E-state index contributed by atoms with van der Waals surface area (Å²) in [7, 11) is 0. The molecule has 1 heterocycles. The molecule has 32 heavy (non-hydrogen) atoms. The molecule has 3 nitrogen and oxygen atoms in total. The minimum atomic E-state index is -0.466. The summed E-state index contributed by atoms with van der Waals surface area (Å²) >= 11 is 0. The number of pyridine rings is 1. The number of hydrogen-bond donors (Lipinski definition) is 1. The van der Waals surface area contributed by atoms with E-state index in [9.17, 15) is 9.90 Å². The lowest BCUT2D eigenvalue weighted by molar-refractivity contribution is -0.140. The molecule has 5 rings (SSSR count). The summed E-state index contributed by atoms with van der Waals surface area (Å²) in [4.78, 5) is 17.8. The molecule has 0 aliphatic heterocycles. The highest BCUT2D eigenvalue weighted by Crippen LogP contribution is 2.66. The molecule has 0 unspecified atom stereocenters. The van der Waals surface area contributed by atoms with Crippen LogP contribution in [-0.4, -0.2) is 22.0 Å². The highest BCUT2D eigenvalue weighted by Gasteiger charge is 2.61. The normalized spacial score (nSPS) is 42.0. The Morgan fingerprint density at radius 1 is 1.19 bits per heavy atom. The third-order valence-electron chi connectivity index (χ3n) is 10.7. The first kappa shape index (κ1) is 22.3. The van der Waals surface area contributed by atoms with Gasteiger partial charge in [0.25, 0.3) is 0 Å². The summed E-state index contributed by atoms with van der Waals surface area (Å²) in [6.45, 7) is 9.46. The molecule has 4 aliphatic rings. The molecule has 3 saturated carbocycles. The number of rotatable bonds is 4. The number of Topliss-reactive ketones (excluding diaryl/α,β-unsaturated/α-hetero) is 1. The van der Waals surface area contributed by atoms with Crippen LogP contribution >= 0.6 is 0 Å². The van der Waals surface area contributed by atoms with Gasteiger partial charge in [-0.1, -0.05) is 31.6 Å². The predicted molar refractivity (Wildman–Crippen MR) is 128 cm³/mol. The molecule has 8 atom stereocenters. The summed E-state index contributed by atoms with van der Waals surface area (Å²) in [5, 5.41) is 10.2. The van der Waals surface area contributed by atoms with Gasteiger partial charge >= 0.3 is 0 Å². The van der Waals surface area contributed by atoms with E-state index in [1.807, 2.05) is 12.3 Å². The molecule has 174 valence electrons. The van der Waals surface area contributed by atoms with Crippen molar-refractivity contribution in [3.05, 3.63) is 41.2 Å². The number of aromatic nitrogens is 1. The highest BCUT2D eigenvalue weighted by atomic mass is 16.3. The molecule has 0 radical (unpaired) electrons. The lowest BCUT2D eigenvalue weighted by Crippen LogP contribution is -2.54.